The van der Waals surface area contributed by atoms with Gasteiger partial charge in [-0.2, -0.15) is 0 Å². The molecule has 1 aromatic rings. The van der Waals surface area contributed by atoms with Crippen LogP contribution in [0.15, 0.2) is 18.2 Å². The second kappa shape index (κ2) is 3.83. The van der Waals surface area contributed by atoms with Crippen LogP contribution in [0.2, 0.25) is 0 Å². The molecule has 1 N–H and O–H groups in total. The molecule has 0 atom stereocenters. The SMILES string of the molecule is CC(C)(Cc1ccc2c(c1)OC(F)(F)O2)C(=O)O. The highest BCUT2D eigenvalue weighted by Gasteiger charge is 2.43. The van der Waals surface area contributed by atoms with E-state index >= 15 is 0 Å². The Bertz CT molecular complexity index is 497. The van der Waals surface area contributed by atoms with E-state index in [1.165, 1.54) is 12.1 Å². The number of ether oxygens (including phenoxy) is 2. The Labute approximate surface area is 102 Å². The van der Waals surface area contributed by atoms with Gasteiger partial charge >= 0.3 is 12.3 Å². The first kappa shape index (κ1) is 12.6. The first-order chi connectivity index (χ1) is 8.20. The summed E-state index contributed by atoms with van der Waals surface area (Å²) in [5.74, 6) is -1.07. The maximum Gasteiger partial charge on any atom is 0.586 e. The predicted octanol–water partition coefficient (Wildman–Crippen LogP) is 2.66. The van der Waals surface area contributed by atoms with Crippen molar-refractivity contribution in [3.63, 3.8) is 0 Å². The molecule has 1 heterocycles. The Kier molecular flexibility index (Phi) is 2.68. The topological polar surface area (TPSA) is 55.8 Å². The molecule has 0 fully saturated rings. The summed E-state index contributed by atoms with van der Waals surface area (Å²) in [4.78, 5) is 11.0. The standard InChI is InChI=1S/C12H12F2O4/c1-11(2,10(15)16)6-7-3-4-8-9(5-7)18-12(13,14)17-8/h3-5H,6H2,1-2H3,(H,15,16). The van der Waals surface area contributed by atoms with Crippen LogP contribution in [0.25, 0.3) is 0 Å². The van der Waals surface area contributed by atoms with E-state index in [1.54, 1.807) is 19.9 Å². The van der Waals surface area contributed by atoms with Crippen molar-refractivity contribution in [1.82, 2.24) is 0 Å². The van der Waals surface area contributed by atoms with Gasteiger partial charge in [0.2, 0.25) is 0 Å². The third-order valence-electron chi connectivity index (χ3n) is 2.69. The van der Waals surface area contributed by atoms with E-state index in [9.17, 15) is 13.6 Å². The van der Waals surface area contributed by atoms with Gasteiger partial charge in [-0.05, 0) is 38.0 Å². The number of benzene rings is 1. The lowest BCUT2D eigenvalue weighted by Gasteiger charge is -2.18. The fraction of sp³-hybridized carbons (Fsp3) is 0.417. The molecule has 0 spiro atoms. The van der Waals surface area contributed by atoms with Crippen LogP contribution in [-0.4, -0.2) is 17.4 Å². The minimum atomic E-state index is -3.65. The zero-order chi connectivity index (χ0) is 13.6. The quantitative estimate of drug-likeness (QED) is 0.905. The summed E-state index contributed by atoms with van der Waals surface area (Å²) >= 11 is 0. The van der Waals surface area contributed by atoms with Crippen LogP contribution in [-0.2, 0) is 11.2 Å². The molecule has 2 rings (SSSR count). The summed E-state index contributed by atoms with van der Waals surface area (Å²) in [6.45, 7) is 3.13. The number of halogens is 2. The van der Waals surface area contributed by atoms with Gasteiger partial charge in [-0.15, -0.1) is 8.78 Å². The van der Waals surface area contributed by atoms with E-state index < -0.39 is 17.7 Å². The minimum absolute atomic E-state index is 0.0446. The van der Waals surface area contributed by atoms with Gasteiger partial charge in [0, 0.05) is 0 Å². The summed E-state index contributed by atoms with van der Waals surface area (Å²) in [6.07, 6.45) is -3.44. The van der Waals surface area contributed by atoms with Crippen molar-refractivity contribution in [3.05, 3.63) is 23.8 Å². The largest absolute Gasteiger partial charge is 0.586 e. The Morgan fingerprint density at radius 2 is 1.94 bits per heavy atom. The van der Waals surface area contributed by atoms with Crippen LogP contribution in [0.1, 0.15) is 19.4 Å². The number of aliphatic carboxylic acids is 1. The van der Waals surface area contributed by atoms with E-state index in [1.807, 2.05) is 0 Å². The fourth-order valence-corrected chi connectivity index (χ4v) is 1.69. The lowest BCUT2D eigenvalue weighted by atomic mass is 9.86. The third-order valence-corrected chi connectivity index (χ3v) is 2.69. The molecule has 4 nitrogen and oxygen atoms in total. The molecule has 6 heteroatoms. The van der Waals surface area contributed by atoms with Gasteiger partial charge in [0.1, 0.15) is 0 Å². The Balaban J connectivity index is 2.22. The van der Waals surface area contributed by atoms with Crippen molar-refractivity contribution < 1.29 is 28.2 Å². The molecule has 0 radical (unpaired) electrons. The van der Waals surface area contributed by atoms with Gasteiger partial charge in [-0.25, -0.2) is 0 Å². The van der Waals surface area contributed by atoms with Crippen molar-refractivity contribution in [3.8, 4) is 11.5 Å². The fourth-order valence-electron chi connectivity index (χ4n) is 1.69. The van der Waals surface area contributed by atoms with Crippen molar-refractivity contribution in [1.29, 1.82) is 0 Å². The summed E-state index contributed by atoms with van der Waals surface area (Å²) in [7, 11) is 0. The Morgan fingerprint density at radius 3 is 2.56 bits per heavy atom. The average Bonchev–Trinajstić information content (AvgIpc) is 2.50. The van der Waals surface area contributed by atoms with Crippen LogP contribution in [0, 0.1) is 5.41 Å². The number of fused-ring (bicyclic) bond motifs is 1. The van der Waals surface area contributed by atoms with E-state index in [2.05, 4.69) is 9.47 Å². The smallest absolute Gasteiger partial charge is 0.481 e. The lowest BCUT2D eigenvalue weighted by Crippen LogP contribution is -2.26. The van der Waals surface area contributed by atoms with Crippen molar-refractivity contribution in [2.45, 2.75) is 26.6 Å². The highest BCUT2D eigenvalue weighted by molar-refractivity contribution is 5.74. The molecule has 0 saturated carbocycles. The van der Waals surface area contributed by atoms with E-state index in [-0.39, 0.29) is 17.9 Å². The molecule has 1 aliphatic heterocycles. The Hall–Kier alpha value is -1.85. The van der Waals surface area contributed by atoms with E-state index in [0.29, 0.717) is 5.56 Å². The van der Waals surface area contributed by atoms with Crippen LogP contribution < -0.4 is 9.47 Å². The van der Waals surface area contributed by atoms with Gasteiger partial charge < -0.3 is 14.6 Å². The monoisotopic (exact) mass is 258 g/mol. The van der Waals surface area contributed by atoms with Crippen molar-refractivity contribution >= 4 is 5.97 Å². The maximum absolute atomic E-state index is 12.8. The summed E-state index contributed by atoms with van der Waals surface area (Å²) in [5, 5.41) is 9.00. The van der Waals surface area contributed by atoms with Gasteiger partial charge in [-0.1, -0.05) is 6.07 Å². The Morgan fingerprint density at radius 1 is 1.33 bits per heavy atom. The first-order valence-electron chi connectivity index (χ1n) is 5.32. The molecule has 98 valence electrons. The number of carbonyl (C=O) groups is 1. The van der Waals surface area contributed by atoms with Gasteiger partial charge in [0.25, 0.3) is 0 Å². The number of carboxylic acids is 1. The lowest BCUT2D eigenvalue weighted by molar-refractivity contribution is -0.286. The van der Waals surface area contributed by atoms with Gasteiger partial charge in [-0.3, -0.25) is 4.79 Å². The predicted molar refractivity (Wildman–Crippen MR) is 57.8 cm³/mol. The second-order valence-electron chi connectivity index (χ2n) is 4.81. The molecule has 18 heavy (non-hydrogen) atoms. The third kappa shape index (κ3) is 2.37. The van der Waals surface area contributed by atoms with Crippen molar-refractivity contribution in [2.75, 3.05) is 0 Å². The molecule has 0 aliphatic carbocycles. The zero-order valence-electron chi connectivity index (χ0n) is 9.87. The van der Waals surface area contributed by atoms with Gasteiger partial charge in [0.15, 0.2) is 11.5 Å². The summed E-state index contributed by atoms with van der Waals surface area (Å²) in [5.41, 5.74) is -0.376. The first-order valence-corrected chi connectivity index (χ1v) is 5.32. The molecule has 0 amide bonds. The van der Waals surface area contributed by atoms with Crippen LogP contribution >= 0.6 is 0 Å². The van der Waals surface area contributed by atoms with Crippen LogP contribution in [0.3, 0.4) is 0 Å². The number of rotatable bonds is 3. The highest BCUT2D eigenvalue weighted by atomic mass is 19.3. The van der Waals surface area contributed by atoms with Gasteiger partial charge in [0.05, 0.1) is 5.41 Å². The maximum atomic E-state index is 12.8. The molecule has 0 unspecified atom stereocenters. The van der Waals surface area contributed by atoms with Crippen LogP contribution in [0.4, 0.5) is 8.78 Å². The zero-order valence-corrected chi connectivity index (χ0v) is 9.87. The minimum Gasteiger partial charge on any atom is -0.481 e. The molecule has 0 aromatic heterocycles. The van der Waals surface area contributed by atoms with Crippen molar-refractivity contribution in [2.24, 2.45) is 5.41 Å². The summed E-state index contributed by atoms with van der Waals surface area (Å²) in [6, 6.07) is 4.28. The number of alkyl halides is 2. The molecule has 0 bridgehead atoms. The normalized spacial score (nSPS) is 16.7. The molecular weight excluding hydrogens is 246 g/mol. The molecule has 0 saturated heterocycles. The van der Waals surface area contributed by atoms with Crippen LogP contribution in [0.5, 0.6) is 11.5 Å². The average molecular weight is 258 g/mol. The molecular formula is C12H12F2O4. The summed E-state index contributed by atoms with van der Waals surface area (Å²) < 4.78 is 34.2. The van der Waals surface area contributed by atoms with E-state index in [0.717, 1.165) is 0 Å². The highest BCUT2D eigenvalue weighted by Crippen LogP contribution is 2.41. The number of carboxylic acid groups (broad SMARTS) is 1. The number of hydrogen-bond acceptors (Lipinski definition) is 3. The number of hydrogen-bond donors (Lipinski definition) is 1. The molecule has 1 aliphatic rings. The molecule has 1 aromatic carbocycles. The second-order valence-corrected chi connectivity index (χ2v) is 4.81. The van der Waals surface area contributed by atoms with E-state index in [4.69, 9.17) is 5.11 Å².